The first-order valence-corrected chi connectivity index (χ1v) is 6.10. The molecule has 2 aromatic rings. The molecule has 0 amide bonds. The van der Waals surface area contributed by atoms with Crippen LogP contribution < -0.4 is 0 Å². The van der Waals surface area contributed by atoms with E-state index in [1.807, 2.05) is 27.7 Å². The molecule has 1 heterocycles. The van der Waals surface area contributed by atoms with E-state index in [9.17, 15) is 0 Å². The van der Waals surface area contributed by atoms with Crippen LogP contribution in [0.2, 0.25) is 0 Å². The topological polar surface area (TPSA) is 28.7 Å². The molecule has 1 N–H and O–H groups in total. The Labute approximate surface area is 99.1 Å². The van der Waals surface area contributed by atoms with Crippen molar-refractivity contribution in [3.63, 3.8) is 0 Å². The molecule has 0 spiro atoms. The van der Waals surface area contributed by atoms with Gasteiger partial charge in [-0.2, -0.15) is 0 Å². The summed E-state index contributed by atoms with van der Waals surface area (Å²) < 4.78 is 0. The number of fused-ring (bicyclic) bond motifs is 1. The number of benzene rings is 1. The molecular formula is C14H24N2. The monoisotopic (exact) mass is 220 g/mol. The third-order valence-electron chi connectivity index (χ3n) is 2.41. The number of aromatic nitrogens is 2. The minimum Gasteiger partial charge on any atom is -0.344 e. The van der Waals surface area contributed by atoms with E-state index in [0.29, 0.717) is 0 Å². The molecule has 0 saturated heterocycles. The van der Waals surface area contributed by atoms with Gasteiger partial charge in [-0.15, -0.1) is 0 Å². The lowest BCUT2D eigenvalue weighted by Crippen LogP contribution is -1.86. The quantitative estimate of drug-likeness (QED) is 0.693. The van der Waals surface area contributed by atoms with Gasteiger partial charge in [-0.3, -0.25) is 0 Å². The highest BCUT2D eigenvalue weighted by Crippen LogP contribution is 2.21. The summed E-state index contributed by atoms with van der Waals surface area (Å²) in [5.74, 6) is 0. The number of hydrogen-bond acceptors (Lipinski definition) is 1. The Morgan fingerprint density at radius 2 is 1.50 bits per heavy atom. The molecule has 16 heavy (non-hydrogen) atoms. The van der Waals surface area contributed by atoms with E-state index in [1.54, 1.807) is 6.33 Å². The number of H-pyrrole nitrogens is 1. The standard InChI is InChI=1S/C10H12N2.2C2H6/c1-6-4-7(2)9-10(8(6)3)12-5-11-9;2*1-2/h4-5H,1-3H3,(H,11,12);2*1-2H3. The molecule has 2 rings (SSSR count). The average molecular weight is 220 g/mol. The average Bonchev–Trinajstić information content (AvgIpc) is 2.81. The van der Waals surface area contributed by atoms with Crippen LogP contribution in [0.4, 0.5) is 0 Å². The predicted molar refractivity (Wildman–Crippen MR) is 73.0 cm³/mol. The second kappa shape index (κ2) is 7.04. The molecule has 0 radical (unpaired) electrons. The van der Waals surface area contributed by atoms with Crippen molar-refractivity contribution in [1.29, 1.82) is 0 Å². The van der Waals surface area contributed by atoms with Crippen molar-refractivity contribution in [2.45, 2.75) is 48.5 Å². The Kier molecular flexibility index (Phi) is 6.47. The second-order valence-electron chi connectivity index (χ2n) is 3.26. The van der Waals surface area contributed by atoms with Gasteiger partial charge in [0.15, 0.2) is 0 Å². The van der Waals surface area contributed by atoms with Crippen molar-refractivity contribution in [3.05, 3.63) is 29.1 Å². The van der Waals surface area contributed by atoms with Crippen LogP contribution in [0, 0.1) is 20.8 Å². The van der Waals surface area contributed by atoms with E-state index in [1.165, 1.54) is 22.2 Å². The fourth-order valence-corrected chi connectivity index (χ4v) is 1.58. The minimum atomic E-state index is 1.10. The molecule has 0 aliphatic carbocycles. The van der Waals surface area contributed by atoms with Gasteiger partial charge in [0.1, 0.15) is 0 Å². The van der Waals surface area contributed by atoms with Gasteiger partial charge < -0.3 is 4.98 Å². The third-order valence-corrected chi connectivity index (χ3v) is 2.41. The Bertz CT molecular complexity index is 427. The van der Waals surface area contributed by atoms with Crippen molar-refractivity contribution in [3.8, 4) is 0 Å². The van der Waals surface area contributed by atoms with Crippen LogP contribution >= 0.6 is 0 Å². The number of aryl methyl sites for hydroxylation is 3. The SMILES string of the molecule is CC.CC.Cc1cc(C)c2nc[nH]c2c1C. The van der Waals surface area contributed by atoms with Crippen LogP contribution in [0.15, 0.2) is 12.4 Å². The highest BCUT2D eigenvalue weighted by atomic mass is 14.9. The fourth-order valence-electron chi connectivity index (χ4n) is 1.58. The van der Waals surface area contributed by atoms with Crippen LogP contribution in [0.3, 0.4) is 0 Å². The Morgan fingerprint density at radius 3 is 2.06 bits per heavy atom. The predicted octanol–water partition coefficient (Wildman–Crippen LogP) is 4.54. The van der Waals surface area contributed by atoms with Gasteiger partial charge in [0.25, 0.3) is 0 Å². The van der Waals surface area contributed by atoms with Crippen LogP contribution in [0.25, 0.3) is 11.0 Å². The molecule has 0 aliphatic rings. The van der Waals surface area contributed by atoms with E-state index in [4.69, 9.17) is 0 Å². The van der Waals surface area contributed by atoms with E-state index >= 15 is 0 Å². The fraction of sp³-hybridized carbons (Fsp3) is 0.500. The molecule has 0 unspecified atom stereocenters. The number of nitrogens with one attached hydrogen (secondary N) is 1. The summed E-state index contributed by atoms with van der Waals surface area (Å²) >= 11 is 0. The van der Waals surface area contributed by atoms with Crippen molar-refractivity contribution in [1.82, 2.24) is 9.97 Å². The van der Waals surface area contributed by atoms with E-state index in [0.717, 1.165) is 5.52 Å². The van der Waals surface area contributed by atoms with E-state index < -0.39 is 0 Å². The number of nitrogens with zero attached hydrogens (tertiary/aromatic N) is 1. The molecule has 90 valence electrons. The molecule has 1 aromatic carbocycles. The molecule has 0 fully saturated rings. The van der Waals surface area contributed by atoms with Gasteiger partial charge in [-0.25, -0.2) is 4.98 Å². The van der Waals surface area contributed by atoms with Crippen molar-refractivity contribution < 1.29 is 0 Å². The summed E-state index contributed by atoms with van der Waals surface area (Å²) in [6.07, 6.45) is 1.75. The van der Waals surface area contributed by atoms with E-state index in [2.05, 4.69) is 36.8 Å². The maximum atomic E-state index is 4.26. The zero-order valence-electron chi connectivity index (χ0n) is 11.6. The van der Waals surface area contributed by atoms with Gasteiger partial charge in [0.2, 0.25) is 0 Å². The zero-order valence-corrected chi connectivity index (χ0v) is 11.6. The van der Waals surface area contributed by atoms with Crippen LogP contribution in [-0.2, 0) is 0 Å². The lowest BCUT2D eigenvalue weighted by molar-refractivity contribution is 1.32. The highest BCUT2D eigenvalue weighted by molar-refractivity contribution is 5.82. The number of aromatic amines is 1. The first-order valence-electron chi connectivity index (χ1n) is 6.10. The molecular weight excluding hydrogens is 196 g/mol. The summed E-state index contributed by atoms with van der Waals surface area (Å²) in [6.45, 7) is 14.3. The molecule has 1 aromatic heterocycles. The molecule has 0 atom stereocenters. The van der Waals surface area contributed by atoms with Crippen molar-refractivity contribution in [2.75, 3.05) is 0 Å². The molecule has 0 aliphatic heterocycles. The lowest BCUT2D eigenvalue weighted by Gasteiger charge is -2.02. The Hall–Kier alpha value is -1.31. The second-order valence-corrected chi connectivity index (χ2v) is 3.26. The normalized spacial score (nSPS) is 8.94. The number of rotatable bonds is 0. The summed E-state index contributed by atoms with van der Waals surface area (Å²) in [4.78, 5) is 7.42. The van der Waals surface area contributed by atoms with Crippen LogP contribution in [0.5, 0.6) is 0 Å². The van der Waals surface area contributed by atoms with Gasteiger partial charge in [0, 0.05) is 0 Å². The molecule has 2 nitrogen and oxygen atoms in total. The molecule has 0 saturated carbocycles. The zero-order chi connectivity index (χ0) is 12.7. The van der Waals surface area contributed by atoms with Gasteiger partial charge in [-0.1, -0.05) is 33.8 Å². The first kappa shape index (κ1) is 14.7. The number of imidazole rings is 1. The van der Waals surface area contributed by atoms with Gasteiger partial charge in [0.05, 0.1) is 17.4 Å². The van der Waals surface area contributed by atoms with Crippen LogP contribution in [-0.4, -0.2) is 9.97 Å². The summed E-state index contributed by atoms with van der Waals surface area (Å²) in [6, 6.07) is 2.18. The largest absolute Gasteiger partial charge is 0.344 e. The smallest absolute Gasteiger partial charge is 0.0932 e. The summed E-state index contributed by atoms with van der Waals surface area (Å²) in [5, 5.41) is 0. The van der Waals surface area contributed by atoms with E-state index in [-0.39, 0.29) is 0 Å². The third kappa shape index (κ3) is 2.84. The highest BCUT2D eigenvalue weighted by Gasteiger charge is 2.04. The van der Waals surface area contributed by atoms with Gasteiger partial charge in [-0.05, 0) is 37.5 Å². The number of hydrogen-bond donors (Lipinski definition) is 1. The van der Waals surface area contributed by atoms with Crippen molar-refractivity contribution >= 4 is 11.0 Å². The van der Waals surface area contributed by atoms with Gasteiger partial charge >= 0.3 is 0 Å². The Balaban J connectivity index is 0.000000509. The molecule has 2 heteroatoms. The lowest BCUT2D eigenvalue weighted by atomic mass is 10.0. The maximum absolute atomic E-state index is 4.26. The summed E-state index contributed by atoms with van der Waals surface area (Å²) in [5.41, 5.74) is 6.14. The molecule has 0 bridgehead atoms. The van der Waals surface area contributed by atoms with Crippen LogP contribution in [0.1, 0.15) is 44.4 Å². The van der Waals surface area contributed by atoms with Crippen molar-refractivity contribution in [2.24, 2.45) is 0 Å². The maximum Gasteiger partial charge on any atom is 0.0932 e. The summed E-state index contributed by atoms with van der Waals surface area (Å²) in [7, 11) is 0. The first-order chi connectivity index (χ1) is 7.70. The minimum absolute atomic E-state index is 1.10. The Morgan fingerprint density at radius 1 is 0.938 bits per heavy atom.